The molecule has 0 aliphatic carbocycles. The van der Waals surface area contributed by atoms with Gasteiger partial charge in [0.05, 0.1) is 12.2 Å². The van der Waals surface area contributed by atoms with Gasteiger partial charge in [0.25, 0.3) is 0 Å². The van der Waals surface area contributed by atoms with E-state index in [1.54, 1.807) is 0 Å². The van der Waals surface area contributed by atoms with Crippen molar-refractivity contribution in [3.63, 3.8) is 0 Å². The van der Waals surface area contributed by atoms with Gasteiger partial charge in [0.1, 0.15) is 6.17 Å². The summed E-state index contributed by atoms with van der Waals surface area (Å²) >= 11 is 0. The van der Waals surface area contributed by atoms with Crippen LogP contribution in [-0.4, -0.2) is 24.9 Å². The third-order valence-corrected chi connectivity index (χ3v) is 2.47. The van der Waals surface area contributed by atoms with Crippen molar-refractivity contribution in [3.05, 3.63) is 0 Å². The van der Waals surface area contributed by atoms with Crippen LogP contribution in [0.5, 0.6) is 0 Å². The molecule has 12 heavy (non-hydrogen) atoms. The molecule has 3 unspecified atom stereocenters. The van der Waals surface area contributed by atoms with Crippen molar-refractivity contribution in [1.29, 1.82) is 0 Å². The average Bonchev–Trinajstić information content (AvgIpc) is 2.01. The highest BCUT2D eigenvalue weighted by Gasteiger charge is 2.29. The summed E-state index contributed by atoms with van der Waals surface area (Å²) < 4.78 is 18.7. The zero-order valence-corrected chi connectivity index (χ0v) is 7.79. The molecule has 0 amide bonds. The van der Waals surface area contributed by atoms with Crippen molar-refractivity contribution in [1.82, 2.24) is 0 Å². The van der Waals surface area contributed by atoms with E-state index in [-0.39, 0.29) is 24.7 Å². The second-order valence-electron chi connectivity index (χ2n) is 3.74. The minimum absolute atomic E-state index is 0.105. The standard InChI is InChI=1S/C9H18FNO/c1-6-3-8(9(10)5-11)4-7(2)12-6/h6-9H,3-5,11H2,1-2H3. The monoisotopic (exact) mass is 175 g/mol. The van der Waals surface area contributed by atoms with Crippen LogP contribution in [0.4, 0.5) is 4.39 Å². The van der Waals surface area contributed by atoms with Crippen LogP contribution in [0.3, 0.4) is 0 Å². The quantitative estimate of drug-likeness (QED) is 0.690. The van der Waals surface area contributed by atoms with Crippen molar-refractivity contribution in [3.8, 4) is 0 Å². The lowest BCUT2D eigenvalue weighted by Crippen LogP contribution is -2.36. The molecule has 0 bridgehead atoms. The first-order chi connectivity index (χ1) is 5.63. The summed E-state index contributed by atoms with van der Waals surface area (Å²) in [5.41, 5.74) is 5.28. The maximum atomic E-state index is 13.2. The molecule has 2 N–H and O–H groups in total. The largest absolute Gasteiger partial charge is 0.376 e. The van der Waals surface area contributed by atoms with Crippen LogP contribution in [-0.2, 0) is 4.74 Å². The van der Waals surface area contributed by atoms with E-state index >= 15 is 0 Å². The minimum atomic E-state index is -0.848. The first-order valence-electron chi connectivity index (χ1n) is 4.63. The van der Waals surface area contributed by atoms with Gasteiger partial charge in [0.2, 0.25) is 0 Å². The Labute approximate surface area is 73.3 Å². The van der Waals surface area contributed by atoms with E-state index in [0.717, 1.165) is 12.8 Å². The number of ether oxygens (including phenoxy) is 1. The first kappa shape index (κ1) is 9.93. The molecule has 3 heteroatoms. The van der Waals surface area contributed by atoms with Crippen molar-refractivity contribution in [2.75, 3.05) is 6.54 Å². The third-order valence-electron chi connectivity index (χ3n) is 2.47. The Kier molecular flexibility index (Phi) is 3.47. The van der Waals surface area contributed by atoms with E-state index < -0.39 is 6.17 Å². The summed E-state index contributed by atoms with van der Waals surface area (Å²) in [5.74, 6) is 0.105. The highest BCUT2D eigenvalue weighted by Crippen LogP contribution is 2.28. The predicted octanol–water partition coefficient (Wildman–Crippen LogP) is 1.49. The highest BCUT2D eigenvalue weighted by molar-refractivity contribution is 4.79. The molecule has 0 radical (unpaired) electrons. The van der Waals surface area contributed by atoms with Gasteiger partial charge in [-0.15, -0.1) is 0 Å². The van der Waals surface area contributed by atoms with Crippen molar-refractivity contribution in [2.24, 2.45) is 11.7 Å². The fourth-order valence-electron chi connectivity index (χ4n) is 1.94. The summed E-state index contributed by atoms with van der Waals surface area (Å²) in [4.78, 5) is 0. The molecule has 1 rings (SSSR count). The number of rotatable bonds is 2. The number of nitrogens with two attached hydrogens (primary N) is 1. The van der Waals surface area contributed by atoms with Crippen LogP contribution in [0.15, 0.2) is 0 Å². The Morgan fingerprint density at radius 1 is 1.42 bits per heavy atom. The Morgan fingerprint density at radius 2 is 1.92 bits per heavy atom. The number of halogens is 1. The molecule has 0 aromatic carbocycles. The molecule has 3 atom stereocenters. The van der Waals surface area contributed by atoms with Gasteiger partial charge >= 0.3 is 0 Å². The summed E-state index contributed by atoms with van der Waals surface area (Å²) in [6.07, 6.45) is 1.14. The maximum Gasteiger partial charge on any atom is 0.115 e. The Morgan fingerprint density at radius 3 is 2.33 bits per heavy atom. The lowest BCUT2D eigenvalue weighted by Gasteiger charge is -2.33. The van der Waals surface area contributed by atoms with E-state index in [0.29, 0.717) is 0 Å². The van der Waals surface area contributed by atoms with Crippen LogP contribution >= 0.6 is 0 Å². The van der Waals surface area contributed by atoms with Crippen molar-refractivity contribution in [2.45, 2.75) is 45.1 Å². The average molecular weight is 175 g/mol. The molecule has 72 valence electrons. The third kappa shape index (κ3) is 2.42. The lowest BCUT2D eigenvalue weighted by molar-refractivity contribution is -0.0658. The SMILES string of the molecule is CC1CC(C(F)CN)CC(C)O1. The molecule has 2 nitrogen and oxygen atoms in total. The smallest absolute Gasteiger partial charge is 0.115 e. The number of alkyl halides is 1. The van der Waals surface area contributed by atoms with Gasteiger partial charge in [-0.3, -0.25) is 0 Å². The van der Waals surface area contributed by atoms with E-state index in [9.17, 15) is 4.39 Å². The maximum absolute atomic E-state index is 13.2. The van der Waals surface area contributed by atoms with E-state index in [4.69, 9.17) is 10.5 Å². The molecule has 1 aliphatic rings. The van der Waals surface area contributed by atoms with Crippen LogP contribution < -0.4 is 5.73 Å². The van der Waals surface area contributed by atoms with Gasteiger partial charge in [-0.1, -0.05) is 0 Å². The van der Waals surface area contributed by atoms with Gasteiger partial charge in [0, 0.05) is 6.54 Å². The summed E-state index contributed by atoms with van der Waals surface area (Å²) in [7, 11) is 0. The number of hydrogen-bond acceptors (Lipinski definition) is 2. The normalized spacial score (nSPS) is 39.5. The van der Waals surface area contributed by atoms with Gasteiger partial charge in [-0.2, -0.15) is 0 Å². The molecular formula is C9H18FNO. The molecule has 0 spiro atoms. The minimum Gasteiger partial charge on any atom is -0.376 e. The molecule has 1 heterocycles. The van der Waals surface area contributed by atoms with Crippen LogP contribution in [0, 0.1) is 5.92 Å². The zero-order chi connectivity index (χ0) is 9.14. The van der Waals surface area contributed by atoms with Gasteiger partial charge in [-0.05, 0) is 32.6 Å². The van der Waals surface area contributed by atoms with Crippen molar-refractivity contribution >= 4 is 0 Å². The Bertz CT molecular complexity index is 132. The van der Waals surface area contributed by atoms with Crippen LogP contribution in [0.25, 0.3) is 0 Å². The summed E-state index contributed by atoms with van der Waals surface area (Å²) in [5, 5.41) is 0. The van der Waals surface area contributed by atoms with E-state index in [2.05, 4.69) is 0 Å². The second kappa shape index (κ2) is 4.19. The van der Waals surface area contributed by atoms with Gasteiger partial charge in [0.15, 0.2) is 0 Å². The number of hydrogen-bond donors (Lipinski definition) is 1. The molecule has 1 fully saturated rings. The van der Waals surface area contributed by atoms with E-state index in [1.165, 1.54) is 0 Å². The molecular weight excluding hydrogens is 157 g/mol. The molecule has 0 aromatic heterocycles. The highest BCUT2D eigenvalue weighted by atomic mass is 19.1. The molecule has 0 aromatic rings. The predicted molar refractivity (Wildman–Crippen MR) is 46.7 cm³/mol. The zero-order valence-electron chi connectivity index (χ0n) is 7.79. The van der Waals surface area contributed by atoms with E-state index in [1.807, 2.05) is 13.8 Å². The second-order valence-corrected chi connectivity index (χ2v) is 3.74. The van der Waals surface area contributed by atoms with Crippen molar-refractivity contribution < 1.29 is 9.13 Å². The fourth-order valence-corrected chi connectivity index (χ4v) is 1.94. The summed E-state index contributed by atoms with van der Waals surface area (Å²) in [6.45, 7) is 4.13. The van der Waals surface area contributed by atoms with Gasteiger partial charge in [-0.25, -0.2) is 4.39 Å². The summed E-state index contributed by atoms with van der Waals surface area (Å²) in [6, 6.07) is 0. The molecule has 1 saturated heterocycles. The lowest BCUT2D eigenvalue weighted by atomic mass is 9.89. The Balaban J connectivity index is 2.43. The molecule has 1 aliphatic heterocycles. The van der Waals surface area contributed by atoms with Gasteiger partial charge < -0.3 is 10.5 Å². The fraction of sp³-hybridized carbons (Fsp3) is 1.00. The Hall–Kier alpha value is -0.150. The van der Waals surface area contributed by atoms with Crippen LogP contribution in [0.1, 0.15) is 26.7 Å². The van der Waals surface area contributed by atoms with Crippen LogP contribution in [0.2, 0.25) is 0 Å². The topological polar surface area (TPSA) is 35.2 Å². The first-order valence-corrected chi connectivity index (χ1v) is 4.63. The molecule has 0 saturated carbocycles.